The van der Waals surface area contributed by atoms with E-state index in [2.05, 4.69) is 24.3 Å². The fourth-order valence-corrected chi connectivity index (χ4v) is 2.83. The SMILES string of the molecule is Cl.NC(c1ccc2ccccc2n1)C1CCCC1. The summed E-state index contributed by atoms with van der Waals surface area (Å²) in [5.74, 6) is 0.628. The molecular weight excluding hydrogens is 244 g/mol. The zero-order chi connectivity index (χ0) is 11.7. The van der Waals surface area contributed by atoms with Gasteiger partial charge < -0.3 is 5.73 Å². The summed E-state index contributed by atoms with van der Waals surface area (Å²) in [4.78, 5) is 4.69. The Morgan fingerprint density at radius 1 is 1.06 bits per heavy atom. The third-order valence-electron chi connectivity index (χ3n) is 3.87. The molecule has 0 spiro atoms. The van der Waals surface area contributed by atoms with Gasteiger partial charge in [-0.25, -0.2) is 0 Å². The number of aromatic nitrogens is 1. The lowest BCUT2D eigenvalue weighted by Gasteiger charge is -2.18. The molecule has 1 saturated carbocycles. The van der Waals surface area contributed by atoms with Crippen LogP contribution >= 0.6 is 12.4 Å². The number of nitrogens with zero attached hydrogens (tertiary/aromatic N) is 1. The Kier molecular flexibility index (Phi) is 4.20. The molecule has 1 atom stereocenters. The van der Waals surface area contributed by atoms with Crippen LogP contribution in [0, 0.1) is 5.92 Å². The van der Waals surface area contributed by atoms with Crippen LogP contribution in [-0.4, -0.2) is 4.98 Å². The number of halogens is 1. The quantitative estimate of drug-likeness (QED) is 0.893. The van der Waals surface area contributed by atoms with E-state index in [0.717, 1.165) is 11.2 Å². The smallest absolute Gasteiger partial charge is 0.0706 e. The zero-order valence-electron chi connectivity index (χ0n) is 10.4. The summed E-state index contributed by atoms with van der Waals surface area (Å²) in [6.45, 7) is 0. The van der Waals surface area contributed by atoms with Gasteiger partial charge >= 0.3 is 0 Å². The van der Waals surface area contributed by atoms with Crippen molar-refractivity contribution >= 4 is 23.3 Å². The number of benzene rings is 1. The summed E-state index contributed by atoms with van der Waals surface area (Å²) in [7, 11) is 0. The summed E-state index contributed by atoms with van der Waals surface area (Å²) in [5, 5.41) is 1.19. The minimum Gasteiger partial charge on any atom is -0.322 e. The van der Waals surface area contributed by atoms with E-state index >= 15 is 0 Å². The van der Waals surface area contributed by atoms with Crippen LogP contribution < -0.4 is 5.73 Å². The molecule has 0 radical (unpaired) electrons. The maximum absolute atomic E-state index is 6.33. The maximum atomic E-state index is 6.33. The fraction of sp³-hybridized carbons (Fsp3) is 0.400. The lowest BCUT2D eigenvalue weighted by Crippen LogP contribution is -2.20. The Morgan fingerprint density at radius 3 is 2.56 bits per heavy atom. The summed E-state index contributed by atoms with van der Waals surface area (Å²) in [5.41, 5.74) is 8.43. The molecule has 2 N–H and O–H groups in total. The van der Waals surface area contributed by atoms with E-state index < -0.39 is 0 Å². The van der Waals surface area contributed by atoms with Crippen LogP contribution in [0.1, 0.15) is 37.4 Å². The van der Waals surface area contributed by atoms with Crippen LogP contribution in [0.15, 0.2) is 36.4 Å². The van der Waals surface area contributed by atoms with Crippen molar-refractivity contribution in [3.8, 4) is 0 Å². The van der Waals surface area contributed by atoms with Crippen molar-refractivity contribution in [1.82, 2.24) is 4.98 Å². The van der Waals surface area contributed by atoms with E-state index in [9.17, 15) is 0 Å². The molecule has 1 aliphatic carbocycles. The van der Waals surface area contributed by atoms with Crippen molar-refractivity contribution < 1.29 is 0 Å². The number of nitrogens with two attached hydrogens (primary N) is 1. The highest BCUT2D eigenvalue weighted by Crippen LogP contribution is 2.33. The Hall–Kier alpha value is -1.12. The van der Waals surface area contributed by atoms with Crippen LogP contribution in [0.2, 0.25) is 0 Å². The number of pyridine rings is 1. The predicted molar refractivity (Wildman–Crippen MR) is 77.9 cm³/mol. The first-order chi connectivity index (χ1) is 8.34. The second-order valence-electron chi connectivity index (χ2n) is 5.00. The summed E-state index contributed by atoms with van der Waals surface area (Å²) in [6.07, 6.45) is 5.17. The second-order valence-corrected chi connectivity index (χ2v) is 5.00. The predicted octanol–water partition coefficient (Wildman–Crippen LogP) is 3.85. The monoisotopic (exact) mass is 262 g/mol. The molecule has 0 bridgehead atoms. The first-order valence-electron chi connectivity index (χ1n) is 6.46. The van der Waals surface area contributed by atoms with Crippen LogP contribution in [0.25, 0.3) is 10.9 Å². The summed E-state index contributed by atoms with van der Waals surface area (Å²) >= 11 is 0. The molecule has 3 rings (SSSR count). The van der Waals surface area contributed by atoms with Gasteiger partial charge in [-0.3, -0.25) is 4.98 Å². The Balaban J connectivity index is 0.00000120. The molecule has 2 aromatic rings. The van der Waals surface area contributed by atoms with Gasteiger partial charge in [-0.15, -0.1) is 12.4 Å². The van der Waals surface area contributed by atoms with Crippen molar-refractivity contribution in [2.75, 3.05) is 0 Å². The molecule has 96 valence electrons. The third-order valence-corrected chi connectivity index (χ3v) is 3.87. The number of rotatable bonds is 2. The molecule has 1 heterocycles. The van der Waals surface area contributed by atoms with Crippen molar-refractivity contribution in [1.29, 1.82) is 0 Å². The normalized spacial score (nSPS) is 17.6. The standard InChI is InChI=1S/C15H18N2.ClH/c16-15(12-6-1-2-7-12)14-10-9-11-5-3-4-8-13(11)17-14;/h3-5,8-10,12,15H,1-2,6-7,16H2;1H. The minimum atomic E-state index is 0. The number of hydrogen-bond donors (Lipinski definition) is 1. The van der Waals surface area contributed by atoms with Gasteiger partial charge in [-0.1, -0.05) is 37.1 Å². The van der Waals surface area contributed by atoms with Crippen molar-refractivity contribution in [3.05, 3.63) is 42.1 Å². The van der Waals surface area contributed by atoms with Crippen molar-refractivity contribution in [2.24, 2.45) is 11.7 Å². The van der Waals surface area contributed by atoms with E-state index in [1.54, 1.807) is 0 Å². The Morgan fingerprint density at radius 2 is 1.78 bits per heavy atom. The maximum Gasteiger partial charge on any atom is 0.0706 e. The van der Waals surface area contributed by atoms with Crippen molar-refractivity contribution in [2.45, 2.75) is 31.7 Å². The molecule has 1 fully saturated rings. The van der Waals surface area contributed by atoms with Gasteiger partial charge in [0.25, 0.3) is 0 Å². The van der Waals surface area contributed by atoms with Gasteiger partial charge in [0.05, 0.1) is 11.2 Å². The van der Waals surface area contributed by atoms with Crippen LogP contribution in [0.5, 0.6) is 0 Å². The van der Waals surface area contributed by atoms with E-state index in [0.29, 0.717) is 5.92 Å². The van der Waals surface area contributed by atoms with Gasteiger partial charge in [-0.2, -0.15) is 0 Å². The van der Waals surface area contributed by atoms with Crippen LogP contribution in [0.4, 0.5) is 0 Å². The number of hydrogen-bond acceptors (Lipinski definition) is 2. The lowest BCUT2D eigenvalue weighted by molar-refractivity contribution is 0.438. The van der Waals surface area contributed by atoms with Crippen molar-refractivity contribution in [3.63, 3.8) is 0 Å². The second kappa shape index (κ2) is 5.68. The van der Waals surface area contributed by atoms with Gasteiger partial charge in [0.2, 0.25) is 0 Å². The molecule has 1 aromatic carbocycles. The molecule has 1 unspecified atom stereocenters. The Bertz CT molecular complexity index is 521. The molecular formula is C15H19ClN2. The summed E-state index contributed by atoms with van der Waals surface area (Å²) in [6, 6.07) is 12.5. The first-order valence-corrected chi connectivity index (χ1v) is 6.46. The van der Waals surface area contributed by atoms with Crippen LogP contribution in [0.3, 0.4) is 0 Å². The molecule has 18 heavy (non-hydrogen) atoms. The largest absolute Gasteiger partial charge is 0.322 e. The van der Waals surface area contributed by atoms with E-state index in [1.807, 2.05) is 12.1 Å². The third kappa shape index (κ3) is 2.50. The highest BCUT2D eigenvalue weighted by Gasteiger charge is 2.24. The lowest BCUT2D eigenvalue weighted by atomic mass is 9.95. The molecule has 0 amide bonds. The molecule has 0 saturated heterocycles. The van der Waals surface area contributed by atoms with Crippen LogP contribution in [-0.2, 0) is 0 Å². The first kappa shape index (κ1) is 13.3. The topological polar surface area (TPSA) is 38.9 Å². The Labute approximate surface area is 114 Å². The highest BCUT2D eigenvalue weighted by molar-refractivity contribution is 5.85. The average Bonchev–Trinajstić information content (AvgIpc) is 2.91. The van der Waals surface area contributed by atoms with E-state index in [-0.39, 0.29) is 18.4 Å². The average molecular weight is 263 g/mol. The molecule has 3 heteroatoms. The summed E-state index contributed by atoms with van der Waals surface area (Å²) < 4.78 is 0. The van der Waals surface area contributed by atoms with Gasteiger partial charge in [0.1, 0.15) is 0 Å². The molecule has 1 aromatic heterocycles. The van der Waals surface area contributed by atoms with Gasteiger partial charge in [0, 0.05) is 11.4 Å². The number of para-hydroxylation sites is 1. The molecule has 0 aliphatic heterocycles. The minimum absolute atomic E-state index is 0. The molecule has 1 aliphatic rings. The van der Waals surface area contributed by atoms with Gasteiger partial charge in [0.15, 0.2) is 0 Å². The zero-order valence-corrected chi connectivity index (χ0v) is 11.2. The highest BCUT2D eigenvalue weighted by atomic mass is 35.5. The molecule has 2 nitrogen and oxygen atoms in total. The number of fused-ring (bicyclic) bond motifs is 1. The fourth-order valence-electron chi connectivity index (χ4n) is 2.83. The van der Waals surface area contributed by atoms with E-state index in [4.69, 9.17) is 10.7 Å². The van der Waals surface area contributed by atoms with E-state index in [1.165, 1.54) is 31.1 Å². The van der Waals surface area contributed by atoms with Gasteiger partial charge in [-0.05, 0) is 30.9 Å².